The molecule has 0 bridgehead atoms. The van der Waals surface area contributed by atoms with Gasteiger partial charge in [0, 0.05) is 30.7 Å². The molecule has 0 aromatic heterocycles. The zero-order valence-corrected chi connectivity index (χ0v) is 22.4. The molecule has 0 spiro atoms. The fraction of sp³-hybridized carbons (Fsp3) is 0.667. The normalized spacial score (nSPS) is 11.6. The SMILES string of the molecule is COCCCCCCCCCCCC(=O)N[C@@H](CCCCN)C(=O)OC(=O)OCc1ccccc1Cl. The molecule has 3 N–H and O–H groups in total. The number of nitrogens with one attached hydrogen (secondary N) is 1. The number of halogens is 1. The first kappa shape index (κ1) is 31.9. The van der Waals surface area contributed by atoms with Crippen LogP contribution in [0.5, 0.6) is 0 Å². The molecule has 1 aromatic rings. The van der Waals surface area contributed by atoms with Crippen LogP contribution in [0.25, 0.3) is 0 Å². The van der Waals surface area contributed by atoms with Crippen molar-refractivity contribution in [3.8, 4) is 0 Å². The van der Waals surface area contributed by atoms with E-state index in [0.717, 1.165) is 38.7 Å². The highest BCUT2D eigenvalue weighted by molar-refractivity contribution is 6.31. The molecular weight excluding hydrogens is 484 g/mol. The predicted molar refractivity (Wildman–Crippen MR) is 141 cm³/mol. The lowest BCUT2D eigenvalue weighted by Gasteiger charge is -2.17. The Bertz CT molecular complexity index is 762. The van der Waals surface area contributed by atoms with E-state index in [1.807, 2.05) is 0 Å². The molecule has 36 heavy (non-hydrogen) atoms. The second-order valence-corrected chi connectivity index (χ2v) is 9.29. The molecule has 9 heteroatoms. The van der Waals surface area contributed by atoms with Gasteiger partial charge < -0.3 is 25.3 Å². The summed E-state index contributed by atoms with van der Waals surface area (Å²) in [5, 5.41) is 3.15. The van der Waals surface area contributed by atoms with E-state index in [-0.39, 0.29) is 12.5 Å². The van der Waals surface area contributed by atoms with Crippen LogP contribution in [0.3, 0.4) is 0 Å². The molecule has 1 amide bonds. The largest absolute Gasteiger partial charge is 0.516 e. The van der Waals surface area contributed by atoms with Gasteiger partial charge in [-0.25, -0.2) is 9.59 Å². The summed E-state index contributed by atoms with van der Waals surface area (Å²) in [4.78, 5) is 36.9. The predicted octanol–water partition coefficient (Wildman–Crippen LogP) is 5.68. The molecule has 0 saturated heterocycles. The fourth-order valence-electron chi connectivity index (χ4n) is 3.71. The van der Waals surface area contributed by atoms with Gasteiger partial charge >= 0.3 is 12.1 Å². The van der Waals surface area contributed by atoms with Crippen molar-refractivity contribution in [2.24, 2.45) is 5.73 Å². The second kappa shape index (κ2) is 21.0. The van der Waals surface area contributed by atoms with Crippen molar-refractivity contribution in [2.75, 3.05) is 20.3 Å². The number of nitrogens with two attached hydrogens (primary N) is 1. The third kappa shape index (κ3) is 15.8. The summed E-state index contributed by atoms with van der Waals surface area (Å²) in [6.07, 6.45) is 10.8. The van der Waals surface area contributed by atoms with E-state index in [9.17, 15) is 14.4 Å². The van der Waals surface area contributed by atoms with E-state index in [0.29, 0.717) is 42.8 Å². The highest BCUT2D eigenvalue weighted by atomic mass is 35.5. The summed E-state index contributed by atoms with van der Waals surface area (Å²) in [6, 6.07) is 5.98. The van der Waals surface area contributed by atoms with Gasteiger partial charge in [0.15, 0.2) is 0 Å². The van der Waals surface area contributed by atoms with Gasteiger partial charge in [0.25, 0.3) is 0 Å². The zero-order valence-electron chi connectivity index (χ0n) is 21.6. The molecule has 1 atom stereocenters. The Balaban J connectivity index is 2.31. The average molecular weight is 527 g/mol. The summed E-state index contributed by atoms with van der Waals surface area (Å²) < 4.78 is 14.9. The van der Waals surface area contributed by atoms with Crippen molar-refractivity contribution in [1.29, 1.82) is 0 Å². The third-order valence-electron chi connectivity index (χ3n) is 5.81. The van der Waals surface area contributed by atoms with E-state index in [4.69, 9.17) is 31.5 Å². The minimum absolute atomic E-state index is 0.121. The Morgan fingerprint density at radius 3 is 2.19 bits per heavy atom. The maximum atomic E-state index is 12.5. The van der Waals surface area contributed by atoms with E-state index < -0.39 is 18.2 Å². The molecule has 0 aliphatic heterocycles. The summed E-state index contributed by atoms with van der Waals surface area (Å²) in [6.45, 7) is 1.19. The van der Waals surface area contributed by atoms with Gasteiger partial charge in [-0.2, -0.15) is 0 Å². The first-order chi connectivity index (χ1) is 17.5. The smallest absolute Gasteiger partial charge is 0.429 e. The average Bonchev–Trinajstić information content (AvgIpc) is 2.86. The highest BCUT2D eigenvalue weighted by Gasteiger charge is 2.25. The Hall–Kier alpha value is -2.16. The van der Waals surface area contributed by atoms with Crippen LogP contribution in [0.15, 0.2) is 24.3 Å². The summed E-state index contributed by atoms with van der Waals surface area (Å²) in [5.41, 5.74) is 6.13. The molecule has 204 valence electrons. The minimum Gasteiger partial charge on any atom is -0.429 e. The van der Waals surface area contributed by atoms with Gasteiger partial charge in [-0.05, 0) is 44.7 Å². The number of amides is 1. The number of hydrogen-bond donors (Lipinski definition) is 2. The molecule has 0 fully saturated rings. The van der Waals surface area contributed by atoms with Crippen LogP contribution in [-0.4, -0.2) is 44.3 Å². The second-order valence-electron chi connectivity index (χ2n) is 8.88. The van der Waals surface area contributed by atoms with Gasteiger partial charge in [0.1, 0.15) is 12.6 Å². The maximum absolute atomic E-state index is 12.5. The summed E-state index contributed by atoms with van der Waals surface area (Å²) >= 11 is 6.04. The quantitative estimate of drug-likeness (QED) is 0.127. The molecule has 8 nitrogen and oxygen atoms in total. The minimum atomic E-state index is -1.13. The molecule has 0 unspecified atom stereocenters. The first-order valence-corrected chi connectivity index (χ1v) is 13.5. The van der Waals surface area contributed by atoms with Gasteiger partial charge in [0.05, 0.1) is 0 Å². The number of rotatable bonds is 20. The summed E-state index contributed by atoms with van der Waals surface area (Å²) in [5.74, 6) is -1.07. The monoisotopic (exact) mass is 526 g/mol. The van der Waals surface area contributed by atoms with Crippen LogP contribution in [0.2, 0.25) is 5.02 Å². The molecule has 0 aliphatic rings. The Labute approximate surface area is 220 Å². The van der Waals surface area contributed by atoms with Crippen molar-refractivity contribution in [3.05, 3.63) is 34.9 Å². The number of ether oxygens (including phenoxy) is 3. The van der Waals surface area contributed by atoms with Crippen LogP contribution in [0.4, 0.5) is 4.79 Å². The number of carbonyl (C=O) groups excluding carboxylic acids is 3. The van der Waals surface area contributed by atoms with Gasteiger partial charge in [0.2, 0.25) is 5.91 Å². The third-order valence-corrected chi connectivity index (χ3v) is 6.17. The van der Waals surface area contributed by atoms with Crippen molar-refractivity contribution in [1.82, 2.24) is 5.32 Å². The molecule has 0 heterocycles. The van der Waals surface area contributed by atoms with Crippen LogP contribution in [0.1, 0.15) is 89.0 Å². The van der Waals surface area contributed by atoms with Gasteiger partial charge in [-0.1, -0.05) is 74.7 Å². The van der Waals surface area contributed by atoms with Gasteiger partial charge in [-0.15, -0.1) is 0 Å². The molecule has 0 radical (unpaired) electrons. The fourth-order valence-corrected chi connectivity index (χ4v) is 3.90. The van der Waals surface area contributed by atoms with Crippen molar-refractivity contribution in [3.63, 3.8) is 0 Å². The number of esters is 1. The van der Waals surface area contributed by atoms with E-state index in [2.05, 4.69) is 5.32 Å². The zero-order chi connectivity index (χ0) is 26.4. The molecular formula is C27H43ClN2O6. The number of methoxy groups -OCH3 is 1. The standard InChI is InChI=1S/C27H43ClN2O6/c1-34-20-14-8-6-4-2-3-5-7-9-18-25(31)30-24(17-12-13-19-29)26(32)36-27(33)35-21-22-15-10-11-16-23(22)28/h10-11,15-16,24H,2-9,12-14,17-21,29H2,1H3,(H,30,31)/t24-/m0/s1. The lowest BCUT2D eigenvalue weighted by molar-refractivity contribution is -0.144. The molecule has 0 saturated carbocycles. The van der Waals surface area contributed by atoms with E-state index in [1.54, 1.807) is 31.4 Å². The molecule has 1 rings (SSSR count). The van der Waals surface area contributed by atoms with Crippen LogP contribution >= 0.6 is 11.6 Å². The van der Waals surface area contributed by atoms with Crippen molar-refractivity contribution < 1.29 is 28.6 Å². The summed E-state index contributed by atoms with van der Waals surface area (Å²) in [7, 11) is 1.73. The number of benzene rings is 1. The Morgan fingerprint density at radius 2 is 1.56 bits per heavy atom. The maximum Gasteiger partial charge on any atom is 0.516 e. The van der Waals surface area contributed by atoms with Crippen molar-refractivity contribution in [2.45, 2.75) is 96.1 Å². The number of hydrogen-bond acceptors (Lipinski definition) is 7. The lowest BCUT2D eigenvalue weighted by Crippen LogP contribution is -2.42. The van der Waals surface area contributed by atoms with Crippen molar-refractivity contribution >= 4 is 29.6 Å². The Morgan fingerprint density at radius 1 is 0.917 bits per heavy atom. The Kier molecular flexibility index (Phi) is 18.6. The first-order valence-electron chi connectivity index (χ1n) is 13.1. The highest BCUT2D eigenvalue weighted by Crippen LogP contribution is 2.16. The van der Waals surface area contributed by atoms with Crippen LogP contribution < -0.4 is 11.1 Å². The number of unbranched alkanes of at least 4 members (excludes halogenated alkanes) is 9. The van der Waals surface area contributed by atoms with E-state index >= 15 is 0 Å². The number of carbonyl (C=O) groups is 3. The van der Waals surface area contributed by atoms with Crippen LogP contribution in [0, 0.1) is 0 Å². The topological polar surface area (TPSA) is 117 Å². The molecule has 1 aromatic carbocycles. The molecule has 0 aliphatic carbocycles. The van der Waals surface area contributed by atoms with Gasteiger partial charge in [-0.3, -0.25) is 4.79 Å². The lowest BCUT2D eigenvalue weighted by atomic mass is 10.1. The van der Waals surface area contributed by atoms with E-state index in [1.165, 1.54) is 25.7 Å². The van der Waals surface area contributed by atoms with Crippen LogP contribution in [-0.2, 0) is 30.4 Å².